The maximum Gasteiger partial charge on any atom is 0.488 e. The molecule has 2 N–H and O–H groups in total. The summed E-state index contributed by atoms with van der Waals surface area (Å²) in [6.07, 6.45) is 0. The Balaban J connectivity index is 1.87. The third kappa shape index (κ3) is 4.10. The van der Waals surface area contributed by atoms with Crippen LogP contribution in [0.15, 0.2) is 48.5 Å². The van der Waals surface area contributed by atoms with Gasteiger partial charge < -0.3 is 19.5 Å². The van der Waals surface area contributed by atoms with Gasteiger partial charge in [-0.3, -0.25) is 0 Å². The Bertz CT molecular complexity index is 540. The minimum Gasteiger partial charge on any atom is -0.497 e. The molecule has 20 heavy (non-hydrogen) atoms. The van der Waals surface area contributed by atoms with Crippen LogP contribution in [0.2, 0.25) is 0 Å². The fraction of sp³-hybridized carbons (Fsp3) is 0.200. The van der Waals surface area contributed by atoms with Crippen molar-refractivity contribution < 1.29 is 19.5 Å². The molecular weight excluding hydrogens is 255 g/mol. The maximum atomic E-state index is 9.10. The zero-order valence-electron chi connectivity index (χ0n) is 11.3. The number of ether oxygens (including phenoxy) is 2. The molecule has 0 atom stereocenters. The minimum absolute atomic E-state index is 0.423. The fourth-order valence-corrected chi connectivity index (χ4v) is 1.85. The van der Waals surface area contributed by atoms with E-state index in [9.17, 15) is 0 Å². The first kappa shape index (κ1) is 14.6. The van der Waals surface area contributed by atoms with Gasteiger partial charge in [0.2, 0.25) is 0 Å². The molecule has 0 aromatic heterocycles. The van der Waals surface area contributed by atoms with Gasteiger partial charge >= 0.3 is 7.12 Å². The lowest BCUT2D eigenvalue weighted by atomic mass is 9.80. The lowest BCUT2D eigenvalue weighted by molar-refractivity contribution is 0.107. The van der Waals surface area contributed by atoms with Crippen molar-refractivity contribution in [2.75, 3.05) is 7.11 Å². The van der Waals surface area contributed by atoms with E-state index in [4.69, 9.17) is 19.5 Å². The van der Waals surface area contributed by atoms with Crippen LogP contribution in [0.1, 0.15) is 11.1 Å². The number of benzene rings is 2. The summed E-state index contributed by atoms with van der Waals surface area (Å²) >= 11 is 0. The second-order valence-electron chi connectivity index (χ2n) is 4.46. The molecule has 0 radical (unpaired) electrons. The summed E-state index contributed by atoms with van der Waals surface area (Å²) in [6, 6.07) is 14.7. The lowest BCUT2D eigenvalue weighted by Crippen LogP contribution is -2.29. The van der Waals surface area contributed by atoms with Gasteiger partial charge in [-0.1, -0.05) is 36.4 Å². The second kappa shape index (κ2) is 7.10. The van der Waals surface area contributed by atoms with Crippen molar-refractivity contribution in [3.63, 3.8) is 0 Å². The Hall–Kier alpha value is -1.82. The molecule has 0 aliphatic rings. The number of hydrogen-bond donors (Lipinski definition) is 2. The molecule has 4 nitrogen and oxygen atoms in total. The summed E-state index contributed by atoms with van der Waals surface area (Å²) in [5.74, 6) is 0.818. The molecule has 104 valence electrons. The summed E-state index contributed by atoms with van der Waals surface area (Å²) in [5.41, 5.74) is 2.43. The maximum absolute atomic E-state index is 9.10. The average Bonchev–Trinajstić information content (AvgIpc) is 2.48. The largest absolute Gasteiger partial charge is 0.497 e. The molecule has 5 heteroatoms. The quantitative estimate of drug-likeness (QED) is 0.773. The van der Waals surface area contributed by atoms with Crippen molar-refractivity contribution >= 4 is 12.6 Å². The summed E-state index contributed by atoms with van der Waals surface area (Å²) in [6.45, 7) is 0.919. The highest BCUT2D eigenvalue weighted by molar-refractivity contribution is 6.58. The van der Waals surface area contributed by atoms with Crippen molar-refractivity contribution in [3.05, 3.63) is 59.7 Å². The molecule has 0 spiro atoms. The molecule has 0 saturated carbocycles. The second-order valence-corrected chi connectivity index (χ2v) is 4.46. The zero-order valence-corrected chi connectivity index (χ0v) is 11.3. The van der Waals surface area contributed by atoms with Crippen molar-refractivity contribution in [3.8, 4) is 5.75 Å². The van der Waals surface area contributed by atoms with E-state index in [0.717, 1.165) is 16.9 Å². The van der Waals surface area contributed by atoms with E-state index in [0.29, 0.717) is 18.7 Å². The van der Waals surface area contributed by atoms with Gasteiger partial charge in [0.1, 0.15) is 5.75 Å². The Morgan fingerprint density at radius 3 is 2.30 bits per heavy atom. The standard InChI is InChI=1S/C15H17BO4/c1-19-15-7-5-12(6-8-15)10-20-11-13-3-2-4-14(9-13)16(17)18/h2-9,17-18H,10-11H2,1H3. The Morgan fingerprint density at radius 2 is 1.65 bits per heavy atom. The van der Waals surface area contributed by atoms with E-state index in [1.54, 1.807) is 25.3 Å². The van der Waals surface area contributed by atoms with Crippen LogP contribution in [0.5, 0.6) is 5.75 Å². The highest BCUT2D eigenvalue weighted by Gasteiger charge is 2.10. The summed E-state index contributed by atoms with van der Waals surface area (Å²) < 4.78 is 10.7. The predicted octanol–water partition coefficient (Wildman–Crippen LogP) is 1.09. The van der Waals surface area contributed by atoms with E-state index in [1.807, 2.05) is 30.3 Å². The third-order valence-corrected chi connectivity index (χ3v) is 2.95. The van der Waals surface area contributed by atoms with Gasteiger partial charge in [0, 0.05) is 0 Å². The SMILES string of the molecule is COc1ccc(COCc2cccc(B(O)O)c2)cc1. The van der Waals surface area contributed by atoms with Gasteiger partial charge in [0.25, 0.3) is 0 Å². The van der Waals surface area contributed by atoms with Gasteiger partial charge in [0.05, 0.1) is 20.3 Å². The first-order valence-corrected chi connectivity index (χ1v) is 6.34. The van der Waals surface area contributed by atoms with Crippen LogP contribution in [0.25, 0.3) is 0 Å². The topological polar surface area (TPSA) is 58.9 Å². The molecule has 0 fully saturated rings. The summed E-state index contributed by atoms with van der Waals surface area (Å²) in [4.78, 5) is 0. The van der Waals surface area contributed by atoms with Gasteiger partial charge in [-0.25, -0.2) is 0 Å². The third-order valence-electron chi connectivity index (χ3n) is 2.95. The van der Waals surface area contributed by atoms with E-state index < -0.39 is 7.12 Å². The van der Waals surface area contributed by atoms with Crippen molar-refractivity contribution in [1.82, 2.24) is 0 Å². The molecule has 2 aromatic carbocycles. The van der Waals surface area contributed by atoms with Crippen LogP contribution >= 0.6 is 0 Å². The number of hydrogen-bond acceptors (Lipinski definition) is 4. The molecule has 0 aliphatic carbocycles. The van der Waals surface area contributed by atoms with E-state index in [-0.39, 0.29) is 0 Å². The van der Waals surface area contributed by atoms with Crippen LogP contribution in [0.4, 0.5) is 0 Å². The molecule has 2 rings (SSSR count). The monoisotopic (exact) mass is 272 g/mol. The average molecular weight is 272 g/mol. The van der Waals surface area contributed by atoms with E-state index >= 15 is 0 Å². The molecule has 0 bridgehead atoms. The van der Waals surface area contributed by atoms with Gasteiger partial charge in [-0.05, 0) is 28.7 Å². The molecule has 2 aromatic rings. The lowest BCUT2D eigenvalue weighted by Gasteiger charge is -2.07. The first-order chi connectivity index (χ1) is 9.69. The molecule has 0 saturated heterocycles. The number of methoxy groups -OCH3 is 1. The highest BCUT2D eigenvalue weighted by atomic mass is 16.5. The van der Waals surface area contributed by atoms with Crippen LogP contribution in [0, 0.1) is 0 Å². The minimum atomic E-state index is -1.45. The van der Waals surface area contributed by atoms with Gasteiger partial charge in [-0.15, -0.1) is 0 Å². The summed E-state index contributed by atoms with van der Waals surface area (Å²) in [5, 5.41) is 18.2. The molecule has 0 unspecified atom stereocenters. The van der Waals surface area contributed by atoms with Gasteiger partial charge in [-0.2, -0.15) is 0 Å². The van der Waals surface area contributed by atoms with E-state index in [1.165, 1.54) is 0 Å². The van der Waals surface area contributed by atoms with E-state index in [2.05, 4.69) is 0 Å². The van der Waals surface area contributed by atoms with Crippen LogP contribution < -0.4 is 10.2 Å². The molecule has 0 heterocycles. The number of rotatable bonds is 6. The highest BCUT2D eigenvalue weighted by Crippen LogP contribution is 2.12. The van der Waals surface area contributed by atoms with Crippen molar-refractivity contribution in [1.29, 1.82) is 0 Å². The normalized spacial score (nSPS) is 10.3. The van der Waals surface area contributed by atoms with Crippen LogP contribution in [0.3, 0.4) is 0 Å². The van der Waals surface area contributed by atoms with Crippen LogP contribution in [-0.2, 0) is 18.0 Å². The van der Waals surface area contributed by atoms with Crippen molar-refractivity contribution in [2.45, 2.75) is 13.2 Å². The molecule has 0 amide bonds. The van der Waals surface area contributed by atoms with Crippen LogP contribution in [-0.4, -0.2) is 24.3 Å². The Kier molecular flexibility index (Phi) is 5.18. The molecular formula is C15H17BO4. The first-order valence-electron chi connectivity index (χ1n) is 6.34. The van der Waals surface area contributed by atoms with Gasteiger partial charge in [0.15, 0.2) is 0 Å². The Morgan fingerprint density at radius 1 is 0.950 bits per heavy atom. The Labute approximate surface area is 118 Å². The zero-order chi connectivity index (χ0) is 14.4. The predicted molar refractivity (Wildman–Crippen MR) is 77.8 cm³/mol. The smallest absolute Gasteiger partial charge is 0.488 e. The molecule has 0 aliphatic heterocycles. The summed E-state index contributed by atoms with van der Waals surface area (Å²) in [7, 11) is 0.185. The van der Waals surface area contributed by atoms with Crippen molar-refractivity contribution in [2.24, 2.45) is 0 Å². The fourth-order valence-electron chi connectivity index (χ4n) is 1.85.